The first-order chi connectivity index (χ1) is 13.0. The minimum absolute atomic E-state index is 0.158. The van der Waals surface area contributed by atoms with Crippen LogP contribution in [0.2, 0.25) is 5.02 Å². The molecule has 8 heteroatoms. The largest absolute Gasteiger partial charge is 0.486 e. The highest BCUT2D eigenvalue weighted by Crippen LogP contribution is 2.38. The highest BCUT2D eigenvalue weighted by atomic mass is 35.5. The monoisotopic (exact) mass is 388 g/mol. The van der Waals surface area contributed by atoms with E-state index in [4.69, 9.17) is 25.8 Å². The zero-order chi connectivity index (χ0) is 19.0. The summed E-state index contributed by atoms with van der Waals surface area (Å²) >= 11 is 6.23. The van der Waals surface area contributed by atoms with Crippen LogP contribution in [-0.2, 0) is 9.59 Å². The Morgan fingerprint density at radius 1 is 1.19 bits per heavy atom. The molecule has 1 atom stereocenters. The number of rotatable bonds is 3. The molecule has 0 fully saturated rings. The van der Waals surface area contributed by atoms with E-state index in [1.807, 2.05) is 6.07 Å². The van der Waals surface area contributed by atoms with Crippen molar-refractivity contribution < 1.29 is 23.8 Å². The fourth-order valence-corrected chi connectivity index (χ4v) is 3.22. The maximum atomic E-state index is 12.6. The van der Waals surface area contributed by atoms with Gasteiger partial charge in [-0.3, -0.25) is 14.5 Å². The number of hydrogen-bond donors (Lipinski definition) is 1. The third-order valence-corrected chi connectivity index (χ3v) is 4.59. The van der Waals surface area contributed by atoms with Crippen molar-refractivity contribution in [3.8, 4) is 17.2 Å². The van der Waals surface area contributed by atoms with Crippen LogP contribution in [0, 0.1) is 0 Å². The van der Waals surface area contributed by atoms with Crippen LogP contribution < -0.4 is 24.4 Å². The molecule has 0 spiro atoms. The van der Waals surface area contributed by atoms with Gasteiger partial charge in [-0.25, -0.2) is 0 Å². The van der Waals surface area contributed by atoms with Gasteiger partial charge in [0.2, 0.25) is 5.91 Å². The highest BCUT2D eigenvalue weighted by Gasteiger charge is 2.32. The standard InChI is InChI=1S/C19H17ClN2O5/c1-11-19(24)22(14-4-2-3-5-15(14)27-11)10-18(23)21-13-9-17-16(8-12(13)20)25-6-7-26-17/h2-5,8-9,11H,6-7,10H2,1H3,(H,21,23). The second kappa shape index (κ2) is 7.00. The lowest BCUT2D eigenvalue weighted by Crippen LogP contribution is -2.47. The van der Waals surface area contributed by atoms with E-state index in [2.05, 4.69) is 5.32 Å². The van der Waals surface area contributed by atoms with E-state index < -0.39 is 6.10 Å². The Kier molecular flexibility index (Phi) is 4.53. The van der Waals surface area contributed by atoms with Crippen LogP contribution in [0.4, 0.5) is 11.4 Å². The van der Waals surface area contributed by atoms with Gasteiger partial charge in [0.05, 0.1) is 16.4 Å². The molecule has 2 heterocycles. The summed E-state index contributed by atoms with van der Waals surface area (Å²) in [6.07, 6.45) is -0.661. The molecule has 4 rings (SSSR count). The van der Waals surface area contributed by atoms with Gasteiger partial charge in [0.25, 0.3) is 5.91 Å². The fourth-order valence-electron chi connectivity index (χ4n) is 3.02. The number of fused-ring (bicyclic) bond motifs is 2. The summed E-state index contributed by atoms with van der Waals surface area (Å²) in [5, 5.41) is 3.06. The summed E-state index contributed by atoms with van der Waals surface area (Å²) in [6.45, 7) is 2.37. The number of benzene rings is 2. The number of amides is 2. The number of halogens is 1. The minimum atomic E-state index is -0.661. The van der Waals surface area contributed by atoms with E-state index in [9.17, 15) is 9.59 Å². The van der Waals surface area contributed by atoms with Crippen molar-refractivity contribution in [2.24, 2.45) is 0 Å². The Morgan fingerprint density at radius 3 is 2.67 bits per heavy atom. The number of nitrogens with zero attached hydrogens (tertiary/aromatic N) is 1. The van der Waals surface area contributed by atoms with Gasteiger partial charge in [0.15, 0.2) is 17.6 Å². The normalized spacial score (nSPS) is 17.8. The third-order valence-electron chi connectivity index (χ3n) is 4.28. The molecular weight excluding hydrogens is 372 g/mol. The van der Waals surface area contributed by atoms with E-state index in [0.717, 1.165) is 0 Å². The van der Waals surface area contributed by atoms with E-state index >= 15 is 0 Å². The van der Waals surface area contributed by atoms with Gasteiger partial charge in [-0.1, -0.05) is 23.7 Å². The summed E-state index contributed by atoms with van der Waals surface area (Å²) in [4.78, 5) is 26.5. The van der Waals surface area contributed by atoms with Gasteiger partial charge in [0, 0.05) is 12.1 Å². The molecule has 2 aliphatic rings. The summed E-state index contributed by atoms with van der Waals surface area (Å²) in [6, 6.07) is 10.3. The van der Waals surface area contributed by atoms with Crippen LogP contribution in [0.25, 0.3) is 0 Å². The number of ether oxygens (including phenoxy) is 3. The fraction of sp³-hybridized carbons (Fsp3) is 0.263. The first kappa shape index (κ1) is 17.5. The lowest BCUT2D eigenvalue weighted by Gasteiger charge is -2.32. The molecule has 0 saturated carbocycles. The number of carbonyl (C=O) groups excluding carboxylic acids is 2. The van der Waals surface area contributed by atoms with Gasteiger partial charge >= 0.3 is 0 Å². The molecule has 140 valence electrons. The average molecular weight is 389 g/mol. The van der Waals surface area contributed by atoms with E-state index in [1.54, 1.807) is 37.3 Å². The molecule has 2 aromatic carbocycles. The SMILES string of the molecule is CC1Oc2ccccc2N(CC(=O)Nc2cc3c(cc2Cl)OCCO3)C1=O. The lowest BCUT2D eigenvalue weighted by atomic mass is 10.2. The summed E-state index contributed by atoms with van der Waals surface area (Å²) in [5.74, 6) is 0.954. The van der Waals surface area contributed by atoms with Crippen LogP contribution in [0.1, 0.15) is 6.92 Å². The Hall–Kier alpha value is -2.93. The molecule has 27 heavy (non-hydrogen) atoms. The van der Waals surface area contributed by atoms with Gasteiger partial charge in [-0.15, -0.1) is 0 Å². The zero-order valence-corrected chi connectivity index (χ0v) is 15.3. The molecule has 2 aromatic rings. The van der Waals surface area contributed by atoms with Crippen molar-refractivity contribution in [2.75, 3.05) is 30.0 Å². The lowest BCUT2D eigenvalue weighted by molar-refractivity contribution is -0.127. The zero-order valence-electron chi connectivity index (χ0n) is 14.5. The summed E-state index contributed by atoms with van der Waals surface area (Å²) < 4.78 is 16.6. The van der Waals surface area contributed by atoms with E-state index in [-0.39, 0.29) is 18.4 Å². The molecule has 1 unspecified atom stereocenters. The second-order valence-corrected chi connectivity index (χ2v) is 6.58. The van der Waals surface area contributed by atoms with Crippen molar-refractivity contribution in [3.63, 3.8) is 0 Å². The van der Waals surface area contributed by atoms with Crippen LogP contribution in [0.15, 0.2) is 36.4 Å². The predicted octanol–water partition coefficient (Wildman–Crippen LogP) is 2.86. The molecule has 2 amide bonds. The first-order valence-electron chi connectivity index (χ1n) is 8.49. The molecule has 1 N–H and O–H groups in total. The summed E-state index contributed by atoms with van der Waals surface area (Å²) in [7, 11) is 0. The molecule has 2 aliphatic heterocycles. The number of hydrogen-bond acceptors (Lipinski definition) is 5. The number of carbonyl (C=O) groups is 2. The Labute approximate surface area is 160 Å². The third kappa shape index (κ3) is 3.38. The Balaban J connectivity index is 1.54. The van der Waals surface area contributed by atoms with Crippen LogP contribution in [0.5, 0.6) is 17.2 Å². The number of nitrogens with one attached hydrogen (secondary N) is 1. The van der Waals surface area contributed by atoms with Crippen molar-refractivity contribution >= 4 is 34.8 Å². The minimum Gasteiger partial charge on any atom is -0.486 e. The molecular formula is C19H17ClN2O5. The van der Waals surface area contributed by atoms with Gasteiger partial charge < -0.3 is 19.5 Å². The van der Waals surface area contributed by atoms with E-state index in [0.29, 0.717) is 46.9 Å². The summed E-state index contributed by atoms with van der Waals surface area (Å²) in [5.41, 5.74) is 0.956. The smallest absolute Gasteiger partial charge is 0.268 e. The van der Waals surface area contributed by atoms with Crippen molar-refractivity contribution in [3.05, 3.63) is 41.4 Å². The molecule has 0 aliphatic carbocycles. The number of para-hydroxylation sites is 2. The topological polar surface area (TPSA) is 77.1 Å². The van der Waals surface area contributed by atoms with Crippen molar-refractivity contribution in [1.29, 1.82) is 0 Å². The maximum absolute atomic E-state index is 12.6. The second-order valence-electron chi connectivity index (χ2n) is 6.18. The molecule has 0 saturated heterocycles. The van der Waals surface area contributed by atoms with Crippen LogP contribution >= 0.6 is 11.6 Å². The predicted molar refractivity (Wildman–Crippen MR) is 100.0 cm³/mol. The van der Waals surface area contributed by atoms with Crippen molar-refractivity contribution in [1.82, 2.24) is 0 Å². The van der Waals surface area contributed by atoms with Gasteiger partial charge in [-0.2, -0.15) is 0 Å². The highest BCUT2D eigenvalue weighted by molar-refractivity contribution is 6.34. The molecule has 7 nitrogen and oxygen atoms in total. The maximum Gasteiger partial charge on any atom is 0.268 e. The Morgan fingerprint density at radius 2 is 1.89 bits per heavy atom. The van der Waals surface area contributed by atoms with Crippen molar-refractivity contribution in [2.45, 2.75) is 13.0 Å². The van der Waals surface area contributed by atoms with Crippen LogP contribution in [0.3, 0.4) is 0 Å². The number of anilines is 2. The molecule has 0 bridgehead atoms. The average Bonchev–Trinajstić information content (AvgIpc) is 2.66. The molecule has 0 radical (unpaired) electrons. The van der Waals surface area contributed by atoms with E-state index in [1.165, 1.54) is 4.90 Å². The molecule has 0 aromatic heterocycles. The first-order valence-corrected chi connectivity index (χ1v) is 8.87. The van der Waals surface area contributed by atoms with Gasteiger partial charge in [0.1, 0.15) is 25.5 Å². The van der Waals surface area contributed by atoms with Crippen LogP contribution in [-0.4, -0.2) is 37.7 Å². The Bertz CT molecular complexity index is 917. The van der Waals surface area contributed by atoms with Gasteiger partial charge in [-0.05, 0) is 19.1 Å². The quantitative estimate of drug-likeness (QED) is 0.874.